The first-order chi connectivity index (χ1) is 8.58. The molecule has 0 saturated carbocycles. The van der Waals surface area contributed by atoms with Crippen molar-refractivity contribution in [1.82, 2.24) is 4.98 Å². The van der Waals surface area contributed by atoms with Crippen molar-refractivity contribution >= 4 is 11.6 Å². The molecule has 1 heterocycles. The summed E-state index contributed by atoms with van der Waals surface area (Å²) in [7, 11) is 0. The van der Waals surface area contributed by atoms with E-state index >= 15 is 0 Å². The Morgan fingerprint density at radius 1 is 1.28 bits per heavy atom. The number of halogens is 1. The Bertz CT molecular complexity index is 514. The summed E-state index contributed by atoms with van der Waals surface area (Å²) in [6.07, 6.45) is 3.09. The fourth-order valence-corrected chi connectivity index (χ4v) is 1.74. The molecule has 0 spiro atoms. The summed E-state index contributed by atoms with van der Waals surface area (Å²) < 4.78 is 5.51. The fraction of sp³-hybridized carbons (Fsp3) is 0.214. The normalized spacial score (nSPS) is 13.9. The van der Waals surface area contributed by atoms with Crippen molar-refractivity contribution in [2.45, 2.75) is 12.5 Å². The summed E-state index contributed by atoms with van der Waals surface area (Å²) in [6.45, 7) is 1.85. The number of aromatic nitrogens is 1. The highest BCUT2D eigenvalue weighted by Gasteiger charge is 2.23. The van der Waals surface area contributed by atoms with Gasteiger partial charge in [0.15, 0.2) is 0 Å². The van der Waals surface area contributed by atoms with Gasteiger partial charge in [0, 0.05) is 12.3 Å². The van der Waals surface area contributed by atoms with Crippen molar-refractivity contribution in [3.63, 3.8) is 0 Å². The molecule has 0 aliphatic carbocycles. The van der Waals surface area contributed by atoms with E-state index in [1.807, 2.05) is 30.3 Å². The highest BCUT2D eigenvalue weighted by atomic mass is 35.5. The molecule has 1 N–H and O–H groups in total. The van der Waals surface area contributed by atoms with E-state index in [0.29, 0.717) is 10.8 Å². The number of nitrogens with zero attached hydrogens (tertiary/aromatic N) is 1. The number of aliphatic hydroxyl groups is 1. The minimum Gasteiger partial charge on any atom is -0.489 e. The molecule has 0 aliphatic heterocycles. The zero-order chi connectivity index (χ0) is 13.0. The molecule has 0 saturated heterocycles. The largest absolute Gasteiger partial charge is 0.489 e. The first-order valence-corrected chi connectivity index (χ1v) is 5.97. The Hall–Kier alpha value is -1.58. The van der Waals surface area contributed by atoms with Gasteiger partial charge in [-0.1, -0.05) is 41.9 Å². The Morgan fingerprint density at radius 3 is 2.67 bits per heavy atom. The standard InChI is InChI=1S/C14H14ClNO2/c1-14(17,11-5-3-2-4-6-11)10-18-13-7-12(15)8-16-9-13/h2-9,17H,10H2,1H3. The van der Waals surface area contributed by atoms with E-state index in [-0.39, 0.29) is 6.61 Å². The zero-order valence-electron chi connectivity index (χ0n) is 10.0. The third-order valence-corrected chi connectivity index (χ3v) is 2.80. The van der Waals surface area contributed by atoms with E-state index in [0.717, 1.165) is 5.56 Å². The second-order valence-electron chi connectivity index (χ2n) is 4.27. The van der Waals surface area contributed by atoms with Crippen LogP contribution in [0.15, 0.2) is 48.8 Å². The molecule has 0 fully saturated rings. The van der Waals surface area contributed by atoms with Crippen LogP contribution in [-0.4, -0.2) is 16.7 Å². The number of ether oxygens (including phenoxy) is 1. The number of hydrogen-bond donors (Lipinski definition) is 1. The lowest BCUT2D eigenvalue weighted by molar-refractivity contribution is 0.00749. The monoisotopic (exact) mass is 263 g/mol. The van der Waals surface area contributed by atoms with Gasteiger partial charge < -0.3 is 9.84 Å². The second-order valence-corrected chi connectivity index (χ2v) is 4.70. The lowest BCUT2D eigenvalue weighted by Crippen LogP contribution is -2.29. The molecule has 0 radical (unpaired) electrons. The predicted octanol–water partition coefficient (Wildman–Crippen LogP) is 3.02. The lowest BCUT2D eigenvalue weighted by atomic mass is 9.97. The number of pyridine rings is 1. The van der Waals surface area contributed by atoms with Crippen LogP contribution in [0.5, 0.6) is 5.75 Å². The van der Waals surface area contributed by atoms with Gasteiger partial charge >= 0.3 is 0 Å². The van der Waals surface area contributed by atoms with E-state index in [1.54, 1.807) is 19.2 Å². The van der Waals surface area contributed by atoms with Gasteiger partial charge in [0.05, 0.1) is 11.2 Å². The molecule has 2 aromatic rings. The second kappa shape index (κ2) is 5.38. The van der Waals surface area contributed by atoms with Crippen molar-refractivity contribution < 1.29 is 9.84 Å². The number of rotatable bonds is 4. The van der Waals surface area contributed by atoms with E-state index < -0.39 is 5.60 Å². The summed E-state index contributed by atoms with van der Waals surface area (Å²) in [5.41, 5.74) is -0.246. The number of hydrogen-bond acceptors (Lipinski definition) is 3. The van der Waals surface area contributed by atoms with Crippen LogP contribution < -0.4 is 4.74 Å². The lowest BCUT2D eigenvalue weighted by Gasteiger charge is -2.23. The summed E-state index contributed by atoms with van der Waals surface area (Å²) in [6, 6.07) is 11.0. The van der Waals surface area contributed by atoms with Gasteiger partial charge in [-0.15, -0.1) is 0 Å². The average molecular weight is 264 g/mol. The van der Waals surface area contributed by atoms with Crippen LogP contribution in [0.1, 0.15) is 12.5 Å². The van der Waals surface area contributed by atoms with Crippen LogP contribution in [0.3, 0.4) is 0 Å². The van der Waals surface area contributed by atoms with E-state index in [4.69, 9.17) is 16.3 Å². The molecule has 1 aromatic heterocycles. The molecule has 3 nitrogen and oxygen atoms in total. The summed E-state index contributed by atoms with van der Waals surface area (Å²) in [5.74, 6) is 0.540. The Kier molecular flexibility index (Phi) is 3.84. The van der Waals surface area contributed by atoms with Gasteiger partial charge in [-0.05, 0) is 12.5 Å². The molecule has 0 amide bonds. The van der Waals surface area contributed by atoms with Crippen LogP contribution in [-0.2, 0) is 5.60 Å². The van der Waals surface area contributed by atoms with Gasteiger partial charge in [0.25, 0.3) is 0 Å². The maximum atomic E-state index is 10.3. The zero-order valence-corrected chi connectivity index (χ0v) is 10.8. The van der Waals surface area contributed by atoms with Gasteiger partial charge in [0.1, 0.15) is 18.0 Å². The van der Waals surface area contributed by atoms with Crippen molar-refractivity contribution in [2.24, 2.45) is 0 Å². The highest BCUT2D eigenvalue weighted by Crippen LogP contribution is 2.22. The fourth-order valence-electron chi connectivity index (χ4n) is 1.58. The van der Waals surface area contributed by atoms with Gasteiger partial charge in [-0.2, -0.15) is 0 Å². The van der Waals surface area contributed by atoms with Crippen molar-refractivity contribution in [2.75, 3.05) is 6.61 Å². The first-order valence-electron chi connectivity index (χ1n) is 5.59. The van der Waals surface area contributed by atoms with Gasteiger partial charge in [-0.25, -0.2) is 0 Å². The van der Waals surface area contributed by atoms with Crippen LogP contribution >= 0.6 is 11.6 Å². The maximum absolute atomic E-state index is 10.3. The average Bonchev–Trinajstić information content (AvgIpc) is 2.38. The molecule has 18 heavy (non-hydrogen) atoms. The first kappa shape index (κ1) is 12.9. The smallest absolute Gasteiger partial charge is 0.139 e. The highest BCUT2D eigenvalue weighted by molar-refractivity contribution is 6.30. The van der Waals surface area contributed by atoms with Crippen molar-refractivity contribution in [1.29, 1.82) is 0 Å². The molecular formula is C14H14ClNO2. The molecule has 94 valence electrons. The minimum atomic E-state index is -1.05. The Morgan fingerprint density at radius 2 is 2.00 bits per heavy atom. The summed E-state index contributed by atoms with van der Waals surface area (Å²) >= 11 is 5.81. The van der Waals surface area contributed by atoms with Crippen LogP contribution in [0, 0.1) is 0 Å². The summed E-state index contributed by atoms with van der Waals surface area (Å²) in [4.78, 5) is 3.92. The third-order valence-electron chi connectivity index (χ3n) is 2.60. The van der Waals surface area contributed by atoms with Crippen LogP contribution in [0.25, 0.3) is 0 Å². The molecule has 1 unspecified atom stereocenters. The van der Waals surface area contributed by atoms with E-state index in [2.05, 4.69) is 4.98 Å². The SMILES string of the molecule is CC(O)(COc1cncc(Cl)c1)c1ccccc1. The summed E-state index contributed by atoms with van der Waals surface area (Å²) in [5, 5.41) is 10.8. The molecule has 0 aliphatic rings. The molecule has 4 heteroatoms. The minimum absolute atomic E-state index is 0.138. The molecule has 0 bridgehead atoms. The molecular weight excluding hydrogens is 250 g/mol. The van der Waals surface area contributed by atoms with Crippen molar-refractivity contribution in [3.8, 4) is 5.75 Å². The predicted molar refractivity (Wildman–Crippen MR) is 70.8 cm³/mol. The molecule has 1 aromatic carbocycles. The third kappa shape index (κ3) is 3.22. The van der Waals surface area contributed by atoms with Crippen LogP contribution in [0.2, 0.25) is 5.02 Å². The number of benzene rings is 1. The van der Waals surface area contributed by atoms with Gasteiger partial charge in [0.2, 0.25) is 0 Å². The topological polar surface area (TPSA) is 42.4 Å². The van der Waals surface area contributed by atoms with E-state index in [1.165, 1.54) is 6.20 Å². The Balaban J connectivity index is 2.05. The van der Waals surface area contributed by atoms with Crippen molar-refractivity contribution in [3.05, 3.63) is 59.4 Å². The molecule has 1 atom stereocenters. The molecule has 2 rings (SSSR count). The van der Waals surface area contributed by atoms with Gasteiger partial charge in [-0.3, -0.25) is 4.98 Å². The maximum Gasteiger partial charge on any atom is 0.139 e. The Labute approximate surface area is 111 Å². The quantitative estimate of drug-likeness (QED) is 0.922. The van der Waals surface area contributed by atoms with Crippen LogP contribution in [0.4, 0.5) is 0 Å². The van der Waals surface area contributed by atoms with E-state index in [9.17, 15) is 5.11 Å².